The number of carbonyl (C=O) groups is 1. The number of benzene rings is 1. The van der Waals surface area contributed by atoms with Crippen molar-refractivity contribution < 1.29 is 18.0 Å². The van der Waals surface area contributed by atoms with Gasteiger partial charge in [-0.1, -0.05) is 17.2 Å². The topological polar surface area (TPSA) is 81.2 Å². The fourth-order valence-corrected chi connectivity index (χ4v) is 2.18. The second-order valence-electron chi connectivity index (χ2n) is 5.09. The van der Waals surface area contributed by atoms with Crippen molar-refractivity contribution in [3.05, 3.63) is 53.2 Å². The van der Waals surface area contributed by atoms with Crippen LogP contribution in [0, 0.1) is 19.7 Å². The van der Waals surface area contributed by atoms with Crippen molar-refractivity contribution in [3.8, 4) is 11.5 Å². The summed E-state index contributed by atoms with van der Waals surface area (Å²) in [4.78, 5) is 11.9. The van der Waals surface area contributed by atoms with Crippen molar-refractivity contribution in [1.29, 1.82) is 0 Å². The number of hydrogen-bond donors (Lipinski definition) is 1. The highest BCUT2D eigenvalue weighted by Crippen LogP contribution is 2.26. The molecule has 0 fully saturated rings. The van der Waals surface area contributed by atoms with Crippen LogP contribution in [0.2, 0.25) is 0 Å². The van der Waals surface area contributed by atoms with Crippen LogP contribution < -0.4 is 5.32 Å². The Morgan fingerprint density at radius 1 is 1.17 bits per heavy atom. The van der Waals surface area contributed by atoms with E-state index in [1.165, 1.54) is 12.1 Å². The number of carbonyl (C=O) groups excluding carboxylic acids is 1. The summed E-state index contributed by atoms with van der Waals surface area (Å²) in [5, 5.41) is 10.2. The van der Waals surface area contributed by atoms with Crippen LogP contribution in [0.5, 0.6) is 0 Å². The van der Waals surface area contributed by atoms with Crippen LogP contribution in [0.3, 0.4) is 0 Å². The van der Waals surface area contributed by atoms with Crippen LogP contribution in [0.1, 0.15) is 17.1 Å². The predicted molar refractivity (Wildman–Crippen MR) is 80.2 cm³/mol. The molecule has 1 amide bonds. The second kappa shape index (κ2) is 6.04. The minimum absolute atomic E-state index is 0.00497. The number of nitrogens with one attached hydrogen (secondary N) is 1. The van der Waals surface area contributed by atoms with E-state index in [0.29, 0.717) is 16.9 Å². The van der Waals surface area contributed by atoms with Crippen LogP contribution in [0.15, 0.2) is 39.2 Å². The molecular weight excluding hydrogens is 301 g/mol. The fraction of sp³-hybridized carbons (Fsp3) is 0.188. The van der Waals surface area contributed by atoms with Crippen LogP contribution in [-0.4, -0.2) is 16.1 Å². The number of rotatable bonds is 4. The highest BCUT2D eigenvalue weighted by Gasteiger charge is 2.16. The van der Waals surface area contributed by atoms with Gasteiger partial charge in [0.2, 0.25) is 5.91 Å². The molecule has 0 bridgehead atoms. The number of aryl methyl sites for hydroxylation is 2. The maximum atomic E-state index is 12.8. The first-order chi connectivity index (χ1) is 11.0. The number of furan rings is 1. The Balaban J connectivity index is 1.68. The van der Waals surface area contributed by atoms with Gasteiger partial charge in [-0.25, -0.2) is 4.39 Å². The predicted octanol–water partition coefficient (Wildman–Crippen LogP) is 3.27. The molecule has 0 spiro atoms. The van der Waals surface area contributed by atoms with Gasteiger partial charge in [0, 0.05) is 0 Å². The van der Waals surface area contributed by atoms with E-state index >= 15 is 0 Å². The van der Waals surface area contributed by atoms with Crippen LogP contribution >= 0.6 is 0 Å². The van der Waals surface area contributed by atoms with E-state index in [1.54, 1.807) is 25.1 Å². The lowest BCUT2D eigenvalue weighted by atomic mass is 10.1. The molecule has 0 unspecified atom stereocenters. The summed E-state index contributed by atoms with van der Waals surface area (Å²) in [6.07, 6.45) is 0.0852. The van der Waals surface area contributed by atoms with Gasteiger partial charge in [-0.15, -0.1) is 5.10 Å². The molecule has 0 radical (unpaired) electrons. The summed E-state index contributed by atoms with van der Waals surface area (Å²) in [6.45, 7) is 3.61. The van der Waals surface area contributed by atoms with Gasteiger partial charge >= 0.3 is 6.01 Å². The molecule has 2 heterocycles. The molecular formula is C16H14FN3O3. The first-order valence-electron chi connectivity index (χ1n) is 6.96. The Morgan fingerprint density at radius 2 is 1.91 bits per heavy atom. The molecule has 0 aliphatic heterocycles. The lowest BCUT2D eigenvalue weighted by Gasteiger charge is -2.00. The van der Waals surface area contributed by atoms with Crippen molar-refractivity contribution in [2.45, 2.75) is 20.3 Å². The molecule has 6 nitrogen and oxygen atoms in total. The monoisotopic (exact) mass is 315 g/mol. The Labute approximate surface area is 131 Å². The molecule has 0 saturated heterocycles. The summed E-state index contributed by atoms with van der Waals surface area (Å²) < 4.78 is 23.6. The van der Waals surface area contributed by atoms with E-state index < -0.39 is 0 Å². The van der Waals surface area contributed by atoms with E-state index in [0.717, 1.165) is 5.76 Å². The zero-order valence-electron chi connectivity index (χ0n) is 12.6. The smallest absolute Gasteiger partial charge is 0.322 e. The maximum Gasteiger partial charge on any atom is 0.322 e. The van der Waals surface area contributed by atoms with Crippen molar-refractivity contribution >= 4 is 11.9 Å². The van der Waals surface area contributed by atoms with Crippen molar-refractivity contribution in [2.75, 3.05) is 5.32 Å². The summed E-state index contributed by atoms with van der Waals surface area (Å²) in [7, 11) is 0. The lowest BCUT2D eigenvalue weighted by molar-refractivity contribution is -0.115. The fourth-order valence-electron chi connectivity index (χ4n) is 2.18. The quantitative estimate of drug-likeness (QED) is 0.799. The third-order valence-electron chi connectivity index (χ3n) is 3.22. The maximum absolute atomic E-state index is 12.8. The first kappa shape index (κ1) is 15.0. The van der Waals surface area contributed by atoms with E-state index in [4.69, 9.17) is 8.83 Å². The molecule has 0 atom stereocenters. The van der Waals surface area contributed by atoms with Gasteiger partial charge in [0.15, 0.2) is 0 Å². The summed E-state index contributed by atoms with van der Waals surface area (Å²) in [6, 6.07) is 7.49. The number of amides is 1. The molecule has 1 N–H and O–H groups in total. The number of halogens is 1. The Morgan fingerprint density at radius 3 is 2.57 bits per heavy atom. The number of anilines is 1. The largest absolute Gasteiger partial charge is 0.466 e. The number of hydrogen-bond acceptors (Lipinski definition) is 5. The molecule has 0 saturated carbocycles. The summed E-state index contributed by atoms with van der Waals surface area (Å²) in [5.74, 6) is 0.998. The van der Waals surface area contributed by atoms with Crippen LogP contribution in [0.25, 0.3) is 11.5 Å². The Kier molecular flexibility index (Phi) is 3.92. The normalized spacial score (nSPS) is 10.7. The van der Waals surface area contributed by atoms with Crippen LogP contribution in [0.4, 0.5) is 10.4 Å². The lowest BCUT2D eigenvalue weighted by Crippen LogP contribution is -2.14. The molecule has 7 heteroatoms. The summed E-state index contributed by atoms with van der Waals surface area (Å²) >= 11 is 0. The number of aromatic nitrogens is 2. The molecule has 3 aromatic rings. The summed E-state index contributed by atoms with van der Waals surface area (Å²) in [5.41, 5.74) is 1.37. The first-order valence-corrected chi connectivity index (χ1v) is 6.96. The second-order valence-corrected chi connectivity index (χ2v) is 5.09. The zero-order valence-corrected chi connectivity index (χ0v) is 12.6. The van der Waals surface area contributed by atoms with Crippen molar-refractivity contribution in [2.24, 2.45) is 0 Å². The van der Waals surface area contributed by atoms with E-state index in [9.17, 15) is 9.18 Å². The highest BCUT2D eigenvalue weighted by molar-refractivity contribution is 5.90. The average Bonchev–Trinajstić information content (AvgIpc) is 3.07. The van der Waals surface area contributed by atoms with E-state index in [-0.39, 0.29) is 30.1 Å². The van der Waals surface area contributed by atoms with Gasteiger partial charge in [-0.05, 0) is 37.6 Å². The molecule has 1 aromatic carbocycles. The highest BCUT2D eigenvalue weighted by atomic mass is 19.1. The van der Waals surface area contributed by atoms with Crippen molar-refractivity contribution in [3.63, 3.8) is 0 Å². The van der Waals surface area contributed by atoms with Crippen LogP contribution in [-0.2, 0) is 11.2 Å². The molecule has 118 valence electrons. The molecule has 23 heavy (non-hydrogen) atoms. The zero-order chi connectivity index (χ0) is 16.4. The van der Waals surface area contributed by atoms with E-state index in [2.05, 4.69) is 15.5 Å². The van der Waals surface area contributed by atoms with Gasteiger partial charge in [0.1, 0.15) is 17.3 Å². The molecule has 3 rings (SSSR count). The van der Waals surface area contributed by atoms with Crippen molar-refractivity contribution in [1.82, 2.24) is 10.2 Å². The SMILES string of the molecule is Cc1cc(-c2nnc(NC(=O)Cc3ccc(F)cc3)o2)c(C)o1. The molecule has 0 aliphatic carbocycles. The van der Waals surface area contributed by atoms with E-state index in [1.807, 2.05) is 6.92 Å². The van der Waals surface area contributed by atoms with Gasteiger partial charge in [-0.3, -0.25) is 10.1 Å². The van der Waals surface area contributed by atoms with Gasteiger partial charge in [0.05, 0.1) is 12.0 Å². The standard InChI is InChI=1S/C16H14FN3O3/c1-9-7-13(10(2)22-9)15-19-20-16(23-15)18-14(21)8-11-3-5-12(17)6-4-11/h3-7H,8H2,1-2H3,(H,18,20,21). The van der Waals surface area contributed by atoms with Gasteiger partial charge in [-0.2, -0.15) is 0 Å². The minimum atomic E-state index is -0.346. The van der Waals surface area contributed by atoms with Gasteiger partial charge in [0.25, 0.3) is 5.89 Å². The number of nitrogens with zero attached hydrogens (tertiary/aromatic N) is 2. The van der Waals surface area contributed by atoms with Gasteiger partial charge < -0.3 is 8.83 Å². The third-order valence-corrected chi connectivity index (χ3v) is 3.22. The third kappa shape index (κ3) is 3.45. The molecule has 0 aliphatic rings. The average molecular weight is 315 g/mol. The molecule has 2 aromatic heterocycles. The Hall–Kier alpha value is -2.96. The minimum Gasteiger partial charge on any atom is -0.466 e. The Bertz CT molecular complexity index is 837.